The van der Waals surface area contributed by atoms with Crippen LogP contribution in [-0.4, -0.2) is 29.8 Å². The molecule has 5 heteroatoms. The van der Waals surface area contributed by atoms with Crippen LogP contribution in [-0.2, 0) is 9.53 Å². The standard InChI is InChI=1S/C10H21NO2.CH4O.CH4.ClH/c1-7(2)6-8(11)9(12)13-10(3,4)5;1-2;;/h7-8H,6,11H2,1-5H3;2H,1H3;1H4;1H/t8-;;;/m0.../s1. The van der Waals surface area contributed by atoms with E-state index in [-0.39, 0.29) is 25.8 Å². The van der Waals surface area contributed by atoms with Crippen LogP contribution in [0.4, 0.5) is 0 Å². The maximum Gasteiger partial charge on any atom is 0.323 e. The van der Waals surface area contributed by atoms with Crippen molar-refractivity contribution in [2.45, 2.75) is 60.1 Å². The number of rotatable bonds is 3. The predicted octanol–water partition coefficient (Wildman–Crippen LogP) is 2.37. The summed E-state index contributed by atoms with van der Waals surface area (Å²) in [6, 6.07) is -0.487. The number of hydrogen-bond donors (Lipinski definition) is 2. The molecule has 1 atom stereocenters. The Labute approximate surface area is 112 Å². The highest BCUT2D eigenvalue weighted by atomic mass is 35.5. The van der Waals surface area contributed by atoms with Gasteiger partial charge < -0.3 is 15.6 Å². The van der Waals surface area contributed by atoms with Gasteiger partial charge in [0.25, 0.3) is 0 Å². The van der Waals surface area contributed by atoms with E-state index in [1.165, 1.54) is 0 Å². The van der Waals surface area contributed by atoms with Gasteiger partial charge in [0.2, 0.25) is 0 Å². The molecule has 108 valence electrons. The molecule has 0 aliphatic carbocycles. The number of esters is 1. The van der Waals surface area contributed by atoms with Gasteiger partial charge in [-0.2, -0.15) is 0 Å². The number of carbonyl (C=O) groups excluding carboxylic acids is 1. The monoisotopic (exact) mass is 271 g/mol. The van der Waals surface area contributed by atoms with Crippen LogP contribution in [0.25, 0.3) is 0 Å². The lowest BCUT2D eigenvalue weighted by atomic mass is 10.0. The van der Waals surface area contributed by atoms with Crippen molar-refractivity contribution in [1.29, 1.82) is 0 Å². The van der Waals surface area contributed by atoms with Crippen molar-refractivity contribution in [2.75, 3.05) is 7.11 Å². The smallest absolute Gasteiger partial charge is 0.323 e. The lowest BCUT2D eigenvalue weighted by Gasteiger charge is -2.22. The maximum absolute atomic E-state index is 11.3. The van der Waals surface area contributed by atoms with Crippen LogP contribution in [0.5, 0.6) is 0 Å². The molecule has 0 aliphatic rings. The molecule has 0 unspecified atom stereocenters. The summed E-state index contributed by atoms with van der Waals surface area (Å²) in [5.41, 5.74) is 5.21. The second-order valence-electron chi connectivity index (χ2n) is 4.77. The van der Waals surface area contributed by atoms with E-state index in [1.807, 2.05) is 34.6 Å². The summed E-state index contributed by atoms with van der Waals surface area (Å²) in [4.78, 5) is 11.3. The second kappa shape index (κ2) is 12.1. The number of hydrogen-bond acceptors (Lipinski definition) is 4. The Hall–Kier alpha value is -0.320. The fraction of sp³-hybridized carbons (Fsp3) is 0.917. The van der Waals surface area contributed by atoms with Crippen molar-refractivity contribution in [1.82, 2.24) is 0 Å². The maximum atomic E-state index is 11.3. The second-order valence-corrected chi connectivity index (χ2v) is 4.77. The van der Waals surface area contributed by atoms with Gasteiger partial charge in [0.05, 0.1) is 0 Å². The molecule has 4 nitrogen and oxygen atoms in total. The Balaban J connectivity index is -0.000000199. The lowest BCUT2D eigenvalue weighted by Crippen LogP contribution is -2.38. The fourth-order valence-corrected chi connectivity index (χ4v) is 0.982. The van der Waals surface area contributed by atoms with Crippen LogP contribution in [0.2, 0.25) is 0 Å². The molecule has 0 aromatic rings. The highest BCUT2D eigenvalue weighted by Gasteiger charge is 2.22. The highest BCUT2D eigenvalue weighted by Crippen LogP contribution is 2.11. The Bertz CT molecular complexity index is 179. The zero-order valence-electron chi connectivity index (χ0n) is 11.1. The molecular formula is C12H30ClNO3. The van der Waals surface area contributed by atoms with Gasteiger partial charge >= 0.3 is 5.97 Å². The van der Waals surface area contributed by atoms with Gasteiger partial charge in [-0.25, -0.2) is 0 Å². The van der Waals surface area contributed by atoms with E-state index in [1.54, 1.807) is 0 Å². The van der Waals surface area contributed by atoms with E-state index >= 15 is 0 Å². The minimum atomic E-state index is -0.487. The van der Waals surface area contributed by atoms with E-state index in [4.69, 9.17) is 15.6 Å². The number of aliphatic hydroxyl groups is 1. The summed E-state index contributed by atoms with van der Waals surface area (Å²) in [5.74, 6) is 0.115. The Morgan fingerprint density at radius 2 is 1.65 bits per heavy atom. The highest BCUT2D eigenvalue weighted by molar-refractivity contribution is 5.85. The first-order valence-electron chi connectivity index (χ1n) is 5.15. The van der Waals surface area contributed by atoms with Crippen molar-refractivity contribution >= 4 is 18.4 Å². The third-order valence-electron chi connectivity index (χ3n) is 1.43. The van der Waals surface area contributed by atoms with E-state index in [2.05, 4.69) is 0 Å². The molecule has 0 rings (SSSR count). The number of halogens is 1. The van der Waals surface area contributed by atoms with E-state index in [9.17, 15) is 4.79 Å². The Morgan fingerprint density at radius 1 is 1.29 bits per heavy atom. The van der Waals surface area contributed by atoms with Crippen molar-refractivity contribution < 1.29 is 14.6 Å². The van der Waals surface area contributed by atoms with Crippen molar-refractivity contribution in [3.8, 4) is 0 Å². The summed E-state index contributed by atoms with van der Waals surface area (Å²) in [6.45, 7) is 9.58. The van der Waals surface area contributed by atoms with Gasteiger partial charge in [-0.1, -0.05) is 21.3 Å². The van der Waals surface area contributed by atoms with Crippen LogP contribution in [0, 0.1) is 5.92 Å². The third-order valence-corrected chi connectivity index (χ3v) is 1.43. The van der Waals surface area contributed by atoms with E-state index < -0.39 is 11.6 Å². The van der Waals surface area contributed by atoms with E-state index in [0.29, 0.717) is 12.3 Å². The van der Waals surface area contributed by atoms with Gasteiger partial charge in [-0.3, -0.25) is 4.79 Å². The van der Waals surface area contributed by atoms with Crippen LogP contribution in [0.15, 0.2) is 0 Å². The minimum Gasteiger partial charge on any atom is -0.459 e. The summed E-state index contributed by atoms with van der Waals surface area (Å²) >= 11 is 0. The molecule has 0 saturated heterocycles. The predicted molar refractivity (Wildman–Crippen MR) is 75.4 cm³/mol. The van der Waals surface area contributed by atoms with Crippen LogP contribution in [0.3, 0.4) is 0 Å². The number of ether oxygens (including phenoxy) is 1. The molecular weight excluding hydrogens is 242 g/mol. The molecule has 0 amide bonds. The molecule has 0 aromatic carbocycles. The van der Waals surface area contributed by atoms with Gasteiger partial charge in [0.1, 0.15) is 11.6 Å². The minimum absolute atomic E-state index is 0. The Morgan fingerprint density at radius 3 is 1.88 bits per heavy atom. The third kappa shape index (κ3) is 18.3. The van der Waals surface area contributed by atoms with Crippen LogP contribution in [0.1, 0.15) is 48.5 Å². The molecule has 17 heavy (non-hydrogen) atoms. The largest absolute Gasteiger partial charge is 0.459 e. The first-order chi connectivity index (χ1) is 6.72. The van der Waals surface area contributed by atoms with Crippen molar-refractivity contribution in [3.05, 3.63) is 0 Å². The number of nitrogens with two attached hydrogens (primary N) is 1. The van der Waals surface area contributed by atoms with Crippen molar-refractivity contribution in [3.63, 3.8) is 0 Å². The Kier molecular flexibility index (Phi) is 18.2. The summed E-state index contributed by atoms with van der Waals surface area (Å²) in [6.07, 6.45) is 0.676. The summed E-state index contributed by atoms with van der Waals surface area (Å²) < 4.78 is 5.14. The summed E-state index contributed by atoms with van der Waals surface area (Å²) in [7, 11) is 1.00. The first kappa shape index (κ1) is 25.5. The van der Waals surface area contributed by atoms with Crippen molar-refractivity contribution in [2.24, 2.45) is 11.7 Å². The molecule has 0 aromatic heterocycles. The molecule has 0 saturated carbocycles. The average molecular weight is 272 g/mol. The topological polar surface area (TPSA) is 72.6 Å². The molecule has 0 spiro atoms. The summed E-state index contributed by atoms with van der Waals surface area (Å²) in [5, 5.41) is 7.00. The van der Waals surface area contributed by atoms with E-state index in [0.717, 1.165) is 7.11 Å². The molecule has 0 radical (unpaired) electrons. The number of carbonyl (C=O) groups is 1. The molecule has 0 fully saturated rings. The fourth-order valence-electron chi connectivity index (χ4n) is 0.982. The normalized spacial score (nSPS) is 11.4. The molecule has 0 bridgehead atoms. The first-order valence-corrected chi connectivity index (χ1v) is 5.15. The van der Waals surface area contributed by atoms with Gasteiger partial charge in [-0.15, -0.1) is 12.4 Å². The van der Waals surface area contributed by atoms with Gasteiger partial charge in [-0.05, 0) is 33.1 Å². The molecule has 0 aliphatic heterocycles. The molecule has 3 N–H and O–H groups in total. The average Bonchev–Trinajstić information content (AvgIpc) is 2.03. The molecule has 0 heterocycles. The zero-order valence-corrected chi connectivity index (χ0v) is 11.9. The van der Waals surface area contributed by atoms with Gasteiger partial charge in [0.15, 0.2) is 0 Å². The lowest BCUT2D eigenvalue weighted by molar-refractivity contribution is -0.156. The zero-order chi connectivity index (χ0) is 12.6. The quantitative estimate of drug-likeness (QED) is 0.773. The van der Waals surface area contributed by atoms with Crippen LogP contribution >= 0.6 is 12.4 Å². The number of aliphatic hydroxyl groups excluding tert-OH is 1. The SMILES string of the molecule is C.CC(C)C[C@H](N)C(=O)OC(C)(C)C.CO.Cl. The van der Waals surface area contributed by atoms with Gasteiger partial charge in [0, 0.05) is 7.11 Å². The van der Waals surface area contributed by atoms with Crippen LogP contribution < -0.4 is 5.73 Å².